The smallest absolute Gasteiger partial charge is 0.410 e. The number of nitrogens with zero attached hydrogens (tertiary/aromatic N) is 2. The molecule has 140 valence electrons. The summed E-state index contributed by atoms with van der Waals surface area (Å²) in [6.07, 6.45) is 8.31. The molecule has 2 aliphatic heterocycles. The number of carbonyl (C=O) groups is 1. The van der Waals surface area contributed by atoms with Gasteiger partial charge in [-0.2, -0.15) is 0 Å². The van der Waals surface area contributed by atoms with Gasteiger partial charge in [0.15, 0.2) is 0 Å². The van der Waals surface area contributed by atoms with Gasteiger partial charge < -0.3 is 9.47 Å². The lowest BCUT2D eigenvalue weighted by Gasteiger charge is -2.28. The molecule has 0 bridgehead atoms. The van der Waals surface area contributed by atoms with Crippen molar-refractivity contribution in [1.82, 2.24) is 9.80 Å². The summed E-state index contributed by atoms with van der Waals surface area (Å²) in [5, 5.41) is 0. The summed E-state index contributed by atoms with van der Waals surface area (Å²) in [6.45, 7) is 2.62. The Bertz CT molecular complexity index is 713. The minimum absolute atomic E-state index is 0.0310. The molecule has 1 aromatic carbocycles. The molecule has 0 unspecified atom stereocenters. The van der Waals surface area contributed by atoms with Gasteiger partial charge in [0.2, 0.25) is 0 Å². The number of rotatable bonds is 4. The van der Waals surface area contributed by atoms with E-state index in [-0.39, 0.29) is 18.2 Å². The van der Waals surface area contributed by atoms with Crippen LogP contribution in [0.4, 0.5) is 4.79 Å². The third-order valence-electron chi connectivity index (χ3n) is 6.74. The highest BCUT2D eigenvalue weighted by Crippen LogP contribution is 2.36. The largest absolute Gasteiger partial charge is 0.496 e. The van der Waals surface area contributed by atoms with E-state index in [1.54, 1.807) is 7.11 Å². The number of ether oxygens (including phenoxy) is 2. The second-order valence-corrected chi connectivity index (χ2v) is 8.32. The zero-order chi connectivity index (χ0) is 17.7. The molecule has 26 heavy (non-hydrogen) atoms. The van der Waals surface area contributed by atoms with Crippen molar-refractivity contribution in [3.63, 3.8) is 0 Å². The van der Waals surface area contributed by atoms with Gasteiger partial charge >= 0.3 is 6.09 Å². The van der Waals surface area contributed by atoms with Crippen LogP contribution in [0.2, 0.25) is 0 Å². The van der Waals surface area contributed by atoms with Crippen molar-refractivity contribution < 1.29 is 14.3 Å². The minimum Gasteiger partial charge on any atom is -0.496 e. The maximum atomic E-state index is 12.3. The average molecular weight is 356 g/mol. The monoisotopic (exact) mass is 356 g/mol. The van der Waals surface area contributed by atoms with Gasteiger partial charge in [-0.05, 0) is 49.3 Å². The van der Waals surface area contributed by atoms with Gasteiger partial charge in [-0.15, -0.1) is 0 Å². The predicted molar refractivity (Wildman–Crippen MR) is 98.4 cm³/mol. The maximum Gasteiger partial charge on any atom is 0.410 e. The van der Waals surface area contributed by atoms with Gasteiger partial charge in [-0.25, -0.2) is 4.79 Å². The molecule has 0 N–H and O–H groups in total. The summed E-state index contributed by atoms with van der Waals surface area (Å²) in [7, 11) is 1.77. The highest BCUT2D eigenvalue weighted by atomic mass is 16.6. The fourth-order valence-electron chi connectivity index (χ4n) is 5.48. The van der Waals surface area contributed by atoms with Crippen molar-refractivity contribution in [3.05, 3.63) is 28.8 Å². The summed E-state index contributed by atoms with van der Waals surface area (Å²) < 4.78 is 11.4. The fraction of sp³-hybridized carbons (Fsp3) is 0.667. The van der Waals surface area contributed by atoms with Crippen LogP contribution < -0.4 is 4.74 Å². The third kappa shape index (κ3) is 2.68. The van der Waals surface area contributed by atoms with Crippen LogP contribution in [0.5, 0.6) is 5.75 Å². The van der Waals surface area contributed by atoms with Crippen LogP contribution in [0.15, 0.2) is 12.1 Å². The van der Waals surface area contributed by atoms with Crippen LogP contribution in [0.3, 0.4) is 0 Å². The molecule has 2 atom stereocenters. The molecule has 5 rings (SSSR count). The van der Waals surface area contributed by atoms with Crippen molar-refractivity contribution in [2.45, 2.75) is 69.7 Å². The van der Waals surface area contributed by atoms with E-state index in [1.165, 1.54) is 48.8 Å². The molecule has 5 nitrogen and oxygen atoms in total. The predicted octanol–water partition coefficient (Wildman–Crippen LogP) is 3.13. The molecule has 4 aliphatic rings. The second kappa shape index (κ2) is 6.45. The molecule has 1 saturated carbocycles. The molecular weight excluding hydrogens is 328 g/mol. The van der Waals surface area contributed by atoms with E-state index in [2.05, 4.69) is 21.9 Å². The number of hydrogen-bond acceptors (Lipinski definition) is 4. The summed E-state index contributed by atoms with van der Waals surface area (Å²) in [6, 6.07) is 5.20. The first-order valence-corrected chi connectivity index (χ1v) is 10.1. The van der Waals surface area contributed by atoms with E-state index in [0.717, 1.165) is 38.2 Å². The standard InChI is InChI=1S/C21H28N2O3/c1-25-19-10-15-6-4-5-14(15)9-16(19)11-22-12-18-20(13-22)26-21(24)23(18)17-7-2-3-8-17/h9-10,17-18,20H,2-8,11-13H2,1H3/t18-,20+/m0/s1. The molecule has 5 heteroatoms. The van der Waals surface area contributed by atoms with Gasteiger partial charge in [-0.1, -0.05) is 18.9 Å². The fourth-order valence-corrected chi connectivity index (χ4v) is 5.48. The molecule has 0 aromatic heterocycles. The highest BCUT2D eigenvalue weighted by Gasteiger charge is 2.50. The Hall–Kier alpha value is -1.75. The van der Waals surface area contributed by atoms with Crippen molar-refractivity contribution >= 4 is 6.09 Å². The molecule has 3 fully saturated rings. The van der Waals surface area contributed by atoms with Crippen LogP contribution in [-0.2, 0) is 24.1 Å². The number of hydrogen-bond donors (Lipinski definition) is 0. The first-order valence-electron chi connectivity index (χ1n) is 10.1. The normalized spacial score (nSPS) is 28.5. The third-order valence-corrected chi connectivity index (χ3v) is 6.74. The van der Waals surface area contributed by atoms with Crippen LogP contribution in [0.1, 0.15) is 48.8 Å². The van der Waals surface area contributed by atoms with E-state index >= 15 is 0 Å². The van der Waals surface area contributed by atoms with E-state index in [9.17, 15) is 4.79 Å². The van der Waals surface area contributed by atoms with Gasteiger partial charge in [-0.3, -0.25) is 9.80 Å². The van der Waals surface area contributed by atoms with Crippen molar-refractivity contribution in [2.24, 2.45) is 0 Å². The zero-order valence-corrected chi connectivity index (χ0v) is 15.6. The Kier molecular flexibility index (Phi) is 4.07. The molecule has 2 aliphatic carbocycles. The summed E-state index contributed by atoms with van der Waals surface area (Å²) in [5.74, 6) is 1.01. The molecule has 2 heterocycles. The number of amides is 1. The van der Waals surface area contributed by atoms with Crippen molar-refractivity contribution in [3.8, 4) is 5.75 Å². The maximum absolute atomic E-state index is 12.3. The van der Waals surface area contributed by atoms with E-state index in [0.29, 0.717) is 6.04 Å². The molecule has 1 aromatic rings. The number of methoxy groups -OCH3 is 1. The second-order valence-electron chi connectivity index (χ2n) is 8.32. The van der Waals surface area contributed by atoms with Gasteiger partial charge in [0.1, 0.15) is 11.9 Å². The number of aryl methyl sites for hydroxylation is 2. The Morgan fingerprint density at radius 1 is 1.12 bits per heavy atom. The summed E-state index contributed by atoms with van der Waals surface area (Å²) in [5.41, 5.74) is 4.20. The molecule has 0 spiro atoms. The molecule has 0 radical (unpaired) electrons. The molecule has 2 saturated heterocycles. The lowest BCUT2D eigenvalue weighted by atomic mass is 10.0. The van der Waals surface area contributed by atoms with Gasteiger partial charge in [0, 0.05) is 31.2 Å². The summed E-state index contributed by atoms with van der Waals surface area (Å²) in [4.78, 5) is 16.8. The van der Waals surface area contributed by atoms with E-state index < -0.39 is 0 Å². The average Bonchev–Trinajstić information content (AvgIpc) is 3.38. The lowest BCUT2D eigenvalue weighted by Crippen LogP contribution is -2.43. The van der Waals surface area contributed by atoms with Crippen LogP contribution in [0.25, 0.3) is 0 Å². The van der Waals surface area contributed by atoms with Crippen molar-refractivity contribution in [2.75, 3.05) is 20.2 Å². The Labute approximate surface area is 155 Å². The summed E-state index contributed by atoms with van der Waals surface area (Å²) >= 11 is 0. The van der Waals surface area contributed by atoms with Crippen LogP contribution in [0, 0.1) is 0 Å². The lowest BCUT2D eigenvalue weighted by molar-refractivity contribution is 0.113. The van der Waals surface area contributed by atoms with Crippen LogP contribution >= 0.6 is 0 Å². The van der Waals surface area contributed by atoms with Crippen molar-refractivity contribution in [1.29, 1.82) is 0 Å². The quantitative estimate of drug-likeness (QED) is 0.831. The minimum atomic E-state index is -0.0818. The SMILES string of the molecule is COc1cc2c(cc1CN1C[C@H]3OC(=O)N(C4CCCC4)[C@H]3C1)CCC2. The van der Waals surface area contributed by atoms with E-state index in [1.807, 2.05) is 0 Å². The Morgan fingerprint density at radius 3 is 2.65 bits per heavy atom. The Morgan fingerprint density at radius 2 is 1.88 bits per heavy atom. The van der Waals surface area contributed by atoms with E-state index in [4.69, 9.17) is 9.47 Å². The molecular formula is C21H28N2O3. The number of fused-ring (bicyclic) bond motifs is 2. The van der Waals surface area contributed by atoms with Crippen LogP contribution in [-0.4, -0.2) is 54.3 Å². The van der Waals surface area contributed by atoms with Gasteiger partial charge in [0.25, 0.3) is 0 Å². The number of benzene rings is 1. The molecule has 1 amide bonds. The first kappa shape index (κ1) is 16.4. The topological polar surface area (TPSA) is 42.0 Å². The number of likely N-dealkylation sites (tertiary alicyclic amines) is 1. The Balaban J connectivity index is 1.32. The highest BCUT2D eigenvalue weighted by molar-refractivity contribution is 5.71. The number of carbonyl (C=O) groups excluding carboxylic acids is 1. The van der Waals surface area contributed by atoms with Gasteiger partial charge in [0.05, 0.1) is 13.2 Å². The zero-order valence-electron chi connectivity index (χ0n) is 15.6. The first-order chi connectivity index (χ1) is 12.7.